The second-order valence-electron chi connectivity index (χ2n) is 7.43. The van der Waals surface area contributed by atoms with E-state index in [1.165, 1.54) is 48.5 Å². The van der Waals surface area contributed by atoms with Crippen molar-refractivity contribution >= 4 is 28.8 Å². The summed E-state index contributed by atoms with van der Waals surface area (Å²) >= 11 is 0. The van der Waals surface area contributed by atoms with Crippen LogP contribution in [-0.4, -0.2) is 28.2 Å². The first-order valence-corrected chi connectivity index (χ1v) is 10.5. The lowest BCUT2D eigenvalue weighted by atomic mass is 10.0. The number of rotatable bonds is 8. The van der Waals surface area contributed by atoms with E-state index in [9.17, 15) is 24.1 Å². The van der Waals surface area contributed by atoms with E-state index in [-0.39, 0.29) is 23.5 Å². The Hall–Kier alpha value is -4.53. The fraction of sp³-hybridized carbons (Fsp3) is 0.120. The molecule has 3 aromatic carbocycles. The molecule has 1 aliphatic rings. The third-order valence-electron chi connectivity index (χ3n) is 5.24. The predicted octanol–water partition coefficient (Wildman–Crippen LogP) is 4.52. The molecule has 3 aromatic rings. The first-order valence-electron chi connectivity index (χ1n) is 10.5. The van der Waals surface area contributed by atoms with E-state index in [0.717, 1.165) is 4.90 Å². The Balaban J connectivity index is 1.76. The Labute approximate surface area is 194 Å². The SMILES string of the molecule is CCOc1ccccc1NC1=C(c2ccc([N+](=O)[O-])cc2)C(=O)N(Cc2ccc(F)cc2)C1=O. The van der Waals surface area contributed by atoms with Crippen molar-refractivity contribution < 1.29 is 23.6 Å². The summed E-state index contributed by atoms with van der Waals surface area (Å²) in [4.78, 5) is 38.3. The molecule has 1 heterocycles. The molecule has 2 amide bonds. The number of nitrogens with one attached hydrogen (secondary N) is 1. The number of imide groups is 1. The van der Waals surface area contributed by atoms with Gasteiger partial charge in [-0.15, -0.1) is 0 Å². The number of carbonyl (C=O) groups excluding carboxylic acids is 2. The molecular formula is C25H20FN3O5. The van der Waals surface area contributed by atoms with Crippen LogP contribution in [0, 0.1) is 15.9 Å². The molecule has 0 saturated carbocycles. The number of halogens is 1. The van der Waals surface area contributed by atoms with Gasteiger partial charge in [0.15, 0.2) is 0 Å². The molecule has 0 aliphatic carbocycles. The van der Waals surface area contributed by atoms with Gasteiger partial charge in [0.25, 0.3) is 17.5 Å². The summed E-state index contributed by atoms with van der Waals surface area (Å²) in [6.07, 6.45) is 0. The zero-order valence-electron chi connectivity index (χ0n) is 18.2. The highest BCUT2D eigenvalue weighted by molar-refractivity contribution is 6.36. The van der Waals surface area contributed by atoms with E-state index in [2.05, 4.69) is 5.32 Å². The molecule has 4 rings (SSSR count). The number of anilines is 1. The van der Waals surface area contributed by atoms with Crippen LogP contribution in [0.25, 0.3) is 5.57 Å². The molecule has 9 heteroatoms. The minimum absolute atomic E-state index is 0.0214. The third kappa shape index (κ3) is 4.49. The van der Waals surface area contributed by atoms with Crippen LogP contribution >= 0.6 is 0 Å². The quantitative estimate of drug-likeness (QED) is 0.301. The van der Waals surface area contributed by atoms with Crippen molar-refractivity contribution in [3.05, 3.63) is 106 Å². The Morgan fingerprint density at radius 1 is 0.971 bits per heavy atom. The Morgan fingerprint density at radius 3 is 2.29 bits per heavy atom. The number of nitro benzene ring substituents is 1. The Kier molecular flexibility index (Phi) is 6.35. The van der Waals surface area contributed by atoms with Gasteiger partial charge < -0.3 is 10.1 Å². The van der Waals surface area contributed by atoms with Gasteiger partial charge in [-0.3, -0.25) is 24.6 Å². The van der Waals surface area contributed by atoms with E-state index in [0.29, 0.717) is 29.2 Å². The molecule has 34 heavy (non-hydrogen) atoms. The van der Waals surface area contributed by atoms with Crippen LogP contribution < -0.4 is 10.1 Å². The van der Waals surface area contributed by atoms with Crippen LogP contribution in [0.2, 0.25) is 0 Å². The largest absolute Gasteiger partial charge is 0.492 e. The number of amides is 2. The van der Waals surface area contributed by atoms with Gasteiger partial charge in [0.05, 0.1) is 29.3 Å². The monoisotopic (exact) mass is 461 g/mol. The lowest BCUT2D eigenvalue weighted by Gasteiger charge is -2.16. The van der Waals surface area contributed by atoms with Crippen molar-refractivity contribution in [2.45, 2.75) is 13.5 Å². The number of ether oxygens (including phenoxy) is 1. The van der Waals surface area contributed by atoms with Crippen LogP contribution in [0.4, 0.5) is 15.8 Å². The normalized spacial score (nSPS) is 13.4. The molecule has 0 radical (unpaired) electrons. The number of hydrogen-bond donors (Lipinski definition) is 1. The van der Waals surface area contributed by atoms with E-state index in [4.69, 9.17) is 4.74 Å². The van der Waals surface area contributed by atoms with Crippen molar-refractivity contribution in [1.29, 1.82) is 0 Å². The highest BCUT2D eigenvalue weighted by Crippen LogP contribution is 2.34. The summed E-state index contributed by atoms with van der Waals surface area (Å²) in [6, 6.07) is 17.9. The lowest BCUT2D eigenvalue weighted by molar-refractivity contribution is -0.384. The summed E-state index contributed by atoms with van der Waals surface area (Å²) in [5.74, 6) is -1.08. The average molecular weight is 461 g/mol. The molecule has 172 valence electrons. The van der Waals surface area contributed by atoms with Gasteiger partial charge in [-0.2, -0.15) is 0 Å². The van der Waals surface area contributed by atoms with Gasteiger partial charge in [-0.25, -0.2) is 4.39 Å². The van der Waals surface area contributed by atoms with Crippen LogP contribution in [0.15, 0.2) is 78.5 Å². The zero-order chi connectivity index (χ0) is 24.2. The fourth-order valence-electron chi connectivity index (χ4n) is 3.61. The van der Waals surface area contributed by atoms with Crippen molar-refractivity contribution in [3.63, 3.8) is 0 Å². The second kappa shape index (κ2) is 9.53. The van der Waals surface area contributed by atoms with Crippen LogP contribution in [0.3, 0.4) is 0 Å². The number of nitro groups is 1. The van der Waals surface area contributed by atoms with Gasteiger partial charge in [-0.1, -0.05) is 24.3 Å². The summed E-state index contributed by atoms with van der Waals surface area (Å²) in [5, 5.41) is 14.1. The first kappa shape index (κ1) is 22.7. The first-order chi connectivity index (χ1) is 16.4. The van der Waals surface area contributed by atoms with Crippen molar-refractivity contribution in [1.82, 2.24) is 4.90 Å². The van der Waals surface area contributed by atoms with Crippen molar-refractivity contribution in [2.75, 3.05) is 11.9 Å². The van der Waals surface area contributed by atoms with Gasteiger partial charge in [-0.05, 0) is 54.4 Å². The number of non-ortho nitro benzene ring substituents is 1. The maximum absolute atomic E-state index is 13.4. The van der Waals surface area contributed by atoms with E-state index in [1.807, 2.05) is 6.92 Å². The number of benzene rings is 3. The maximum Gasteiger partial charge on any atom is 0.278 e. The van der Waals surface area contributed by atoms with E-state index in [1.54, 1.807) is 24.3 Å². The van der Waals surface area contributed by atoms with E-state index >= 15 is 0 Å². The number of hydrogen-bond acceptors (Lipinski definition) is 6. The highest BCUT2D eigenvalue weighted by Gasteiger charge is 2.39. The Bertz CT molecular complexity index is 1290. The summed E-state index contributed by atoms with van der Waals surface area (Å²) in [5.41, 5.74) is 1.37. The van der Waals surface area contributed by atoms with Gasteiger partial charge in [0, 0.05) is 12.1 Å². The summed E-state index contributed by atoms with van der Waals surface area (Å²) < 4.78 is 18.9. The standard InChI is InChI=1S/C25H20FN3O5/c1-2-34-21-6-4-3-5-20(21)27-23-22(17-9-13-19(14-10-17)29(32)33)24(30)28(25(23)31)15-16-7-11-18(26)12-8-16/h3-14,27H,2,15H2,1H3. The molecular weight excluding hydrogens is 441 g/mol. The lowest BCUT2D eigenvalue weighted by Crippen LogP contribution is -2.32. The molecule has 8 nitrogen and oxygen atoms in total. The molecule has 0 aromatic heterocycles. The van der Waals surface area contributed by atoms with Gasteiger partial charge >= 0.3 is 0 Å². The fourth-order valence-corrected chi connectivity index (χ4v) is 3.61. The molecule has 0 unspecified atom stereocenters. The molecule has 0 spiro atoms. The van der Waals surface area contributed by atoms with E-state index < -0.39 is 22.6 Å². The average Bonchev–Trinajstić information content (AvgIpc) is 3.06. The summed E-state index contributed by atoms with van der Waals surface area (Å²) in [7, 11) is 0. The molecule has 0 atom stereocenters. The molecule has 1 aliphatic heterocycles. The Morgan fingerprint density at radius 2 is 1.65 bits per heavy atom. The van der Waals surface area contributed by atoms with Crippen LogP contribution in [-0.2, 0) is 16.1 Å². The number of nitrogens with zero attached hydrogens (tertiary/aromatic N) is 2. The van der Waals surface area contributed by atoms with Crippen molar-refractivity contribution in [3.8, 4) is 5.75 Å². The molecule has 1 N–H and O–H groups in total. The number of para-hydroxylation sites is 2. The third-order valence-corrected chi connectivity index (χ3v) is 5.24. The highest BCUT2D eigenvalue weighted by atomic mass is 19.1. The minimum Gasteiger partial charge on any atom is -0.492 e. The summed E-state index contributed by atoms with van der Waals surface area (Å²) in [6.45, 7) is 2.16. The van der Waals surface area contributed by atoms with Crippen molar-refractivity contribution in [2.24, 2.45) is 0 Å². The molecule has 0 bridgehead atoms. The number of carbonyl (C=O) groups is 2. The molecule has 0 fully saturated rings. The predicted molar refractivity (Wildman–Crippen MR) is 123 cm³/mol. The van der Waals surface area contributed by atoms with Gasteiger partial charge in [0.2, 0.25) is 0 Å². The topological polar surface area (TPSA) is 102 Å². The molecule has 0 saturated heterocycles. The zero-order valence-corrected chi connectivity index (χ0v) is 18.2. The maximum atomic E-state index is 13.4. The van der Waals surface area contributed by atoms with Gasteiger partial charge in [0.1, 0.15) is 17.3 Å². The van der Waals surface area contributed by atoms with Crippen LogP contribution in [0.1, 0.15) is 18.1 Å². The smallest absolute Gasteiger partial charge is 0.278 e. The minimum atomic E-state index is -0.575. The second-order valence-corrected chi connectivity index (χ2v) is 7.43. The van der Waals surface area contributed by atoms with Crippen LogP contribution in [0.5, 0.6) is 5.75 Å².